The average molecular weight is 274 g/mol. The molecule has 0 aliphatic carbocycles. The number of rotatable bonds is 4. The van der Waals surface area contributed by atoms with Crippen molar-refractivity contribution in [2.45, 2.75) is 13.8 Å². The Morgan fingerprint density at radius 2 is 1.20 bits per heavy atom. The summed E-state index contributed by atoms with van der Waals surface area (Å²) in [4.78, 5) is 0. The zero-order valence-electron chi connectivity index (χ0n) is 11.2. The predicted molar refractivity (Wildman–Crippen MR) is 74.9 cm³/mol. The lowest BCUT2D eigenvalue weighted by Gasteiger charge is -2.13. The normalized spacial score (nSPS) is 10.2. The lowest BCUT2D eigenvalue weighted by molar-refractivity contribution is 0.284. The molecule has 6 heteroatoms. The lowest BCUT2D eigenvalue weighted by atomic mass is 10.1. The van der Waals surface area contributed by atoms with Gasteiger partial charge in [0.1, 0.15) is 11.5 Å². The molecule has 0 heterocycles. The first kappa shape index (κ1) is 14.1. The summed E-state index contributed by atoms with van der Waals surface area (Å²) in [7, 11) is -1.64. The molecule has 0 aliphatic heterocycles. The van der Waals surface area contributed by atoms with E-state index >= 15 is 0 Å². The van der Waals surface area contributed by atoms with E-state index in [1.807, 2.05) is 13.8 Å². The quantitative estimate of drug-likeness (QED) is 0.744. The number of hydrogen-bond donors (Lipinski definition) is 3. The van der Waals surface area contributed by atoms with Crippen molar-refractivity contribution in [2.75, 3.05) is 0 Å². The largest absolute Gasteiger partial charge is 0.785 e. The first-order valence-corrected chi connectivity index (χ1v) is 6.06. The van der Waals surface area contributed by atoms with E-state index in [1.165, 1.54) is 24.3 Å². The van der Waals surface area contributed by atoms with Gasteiger partial charge in [-0.15, -0.1) is 0 Å². The van der Waals surface area contributed by atoms with E-state index in [9.17, 15) is 15.2 Å². The molecule has 20 heavy (non-hydrogen) atoms. The molecule has 2 aromatic rings. The lowest BCUT2D eigenvalue weighted by Crippen LogP contribution is -2.29. The number of aromatic hydroxyl groups is 2. The summed E-state index contributed by atoms with van der Waals surface area (Å²) in [5, 5.41) is 29.0. The van der Waals surface area contributed by atoms with E-state index in [0.29, 0.717) is 0 Å². The van der Waals surface area contributed by atoms with E-state index in [0.717, 1.165) is 11.1 Å². The van der Waals surface area contributed by atoms with E-state index in [-0.39, 0.29) is 23.0 Å². The van der Waals surface area contributed by atoms with Crippen molar-refractivity contribution >= 4 is 7.32 Å². The topological polar surface area (TPSA) is 79.2 Å². The van der Waals surface area contributed by atoms with Crippen LogP contribution in [0.15, 0.2) is 36.4 Å². The Bertz CT molecular complexity index is 561. The molecule has 0 bridgehead atoms. The molecule has 104 valence electrons. The Morgan fingerprint density at radius 1 is 0.800 bits per heavy atom. The summed E-state index contributed by atoms with van der Waals surface area (Å²) in [6.45, 7) is 3.64. The van der Waals surface area contributed by atoms with Crippen LogP contribution < -0.4 is 9.31 Å². The van der Waals surface area contributed by atoms with Crippen molar-refractivity contribution in [2.24, 2.45) is 0 Å². The second kappa shape index (κ2) is 5.75. The molecular weight excluding hydrogens is 259 g/mol. The van der Waals surface area contributed by atoms with Crippen LogP contribution >= 0.6 is 0 Å². The molecule has 0 amide bonds. The zero-order chi connectivity index (χ0) is 14.7. The number of aryl methyl sites for hydroxylation is 2. The van der Waals surface area contributed by atoms with Crippen molar-refractivity contribution in [3.63, 3.8) is 0 Å². The van der Waals surface area contributed by atoms with Crippen molar-refractivity contribution < 1.29 is 24.5 Å². The van der Waals surface area contributed by atoms with Gasteiger partial charge in [-0.1, -0.05) is 12.1 Å². The summed E-state index contributed by atoms with van der Waals surface area (Å²) in [6.07, 6.45) is 0. The van der Waals surface area contributed by atoms with Gasteiger partial charge in [-0.25, -0.2) is 0 Å². The number of hydrogen-bond acceptors (Lipinski definition) is 5. The van der Waals surface area contributed by atoms with E-state index in [4.69, 9.17) is 9.31 Å². The number of benzene rings is 2. The van der Waals surface area contributed by atoms with Gasteiger partial charge in [-0.3, -0.25) is 0 Å². The Labute approximate surface area is 117 Å². The standard InChI is InChI=1S/C14H15BO5/c1-9-3-5-13(11(16)7-9)19-15(18)20-14-6-4-10(2)8-12(14)17/h3-8,16-18H,1-2H3. The Morgan fingerprint density at radius 3 is 1.55 bits per heavy atom. The number of phenols is 2. The van der Waals surface area contributed by atoms with Crippen LogP contribution in [-0.2, 0) is 0 Å². The van der Waals surface area contributed by atoms with Gasteiger partial charge in [-0.05, 0) is 49.2 Å². The highest BCUT2D eigenvalue weighted by Crippen LogP contribution is 2.29. The van der Waals surface area contributed by atoms with Crippen molar-refractivity contribution in [1.82, 2.24) is 0 Å². The molecule has 0 spiro atoms. The first-order valence-electron chi connectivity index (χ1n) is 6.06. The summed E-state index contributed by atoms with van der Waals surface area (Å²) in [5.74, 6) is -0.00837. The van der Waals surface area contributed by atoms with Crippen LogP contribution in [0.1, 0.15) is 11.1 Å². The smallest absolute Gasteiger partial charge is 0.504 e. The Balaban J connectivity index is 2.07. The maximum Gasteiger partial charge on any atom is 0.785 e. The van der Waals surface area contributed by atoms with Crippen LogP contribution in [0.3, 0.4) is 0 Å². The van der Waals surface area contributed by atoms with Gasteiger partial charge in [0.05, 0.1) is 0 Å². The second-order valence-corrected chi connectivity index (χ2v) is 4.49. The molecule has 3 N–H and O–H groups in total. The Hall–Kier alpha value is -2.34. The van der Waals surface area contributed by atoms with Gasteiger partial charge in [0.2, 0.25) is 0 Å². The third kappa shape index (κ3) is 3.36. The fraction of sp³-hybridized carbons (Fsp3) is 0.143. The Kier molecular flexibility index (Phi) is 4.05. The molecule has 0 saturated heterocycles. The second-order valence-electron chi connectivity index (χ2n) is 4.49. The molecule has 0 aliphatic rings. The SMILES string of the molecule is Cc1ccc(OB(O)Oc2ccc(C)cc2O)c(O)c1. The highest BCUT2D eigenvalue weighted by Gasteiger charge is 2.24. The highest BCUT2D eigenvalue weighted by atomic mass is 16.7. The molecule has 0 aromatic heterocycles. The van der Waals surface area contributed by atoms with Crippen LogP contribution in [0.25, 0.3) is 0 Å². The minimum atomic E-state index is -1.64. The highest BCUT2D eigenvalue weighted by molar-refractivity contribution is 6.36. The van der Waals surface area contributed by atoms with Gasteiger partial charge < -0.3 is 24.5 Å². The van der Waals surface area contributed by atoms with Crippen LogP contribution in [0.2, 0.25) is 0 Å². The summed E-state index contributed by atoms with van der Waals surface area (Å²) >= 11 is 0. The summed E-state index contributed by atoms with van der Waals surface area (Å²) in [6, 6.07) is 9.51. The van der Waals surface area contributed by atoms with Gasteiger partial charge in [0, 0.05) is 0 Å². The monoisotopic (exact) mass is 274 g/mol. The number of phenolic OH excluding ortho intramolecular Hbond substituents is 2. The van der Waals surface area contributed by atoms with E-state index in [2.05, 4.69) is 0 Å². The molecule has 0 unspecified atom stereocenters. The summed E-state index contributed by atoms with van der Waals surface area (Å²) in [5.41, 5.74) is 1.72. The summed E-state index contributed by atoms with van der Waals surface area (Å²) < 4.78 is 10.1. The van der Waals surface area contributed by atoms with Crippen LogP contribution in [-0.4, -0.2) is 22.6 Å². The van der Waals surface area contributed by atoms with E-state index in [1.54, 1.807) is 12.1 Å². The molecule has 5 nitrogen and oxygen atoms in total. The third-order valence-electron chi connectivity index (χ3n) is 2.68. The molecule has 0 fully saturated rings. The zero-order valence-corrected chi connectivity index (χ0v) is 11.2. The van der Waals surface area contributed by atoms with Gasteiger partial charge in [0.15, 0.2) is 11.5 Å². The van der Waals surface area contributed by atoms with Crippen molar-refractivity contribution in [3.8, 4) is 23.0 Å². The fourth-order valence-corrected chi connectivity index (χ4v) is 1.70. The maximum absolute atomic E-state index is 9.68. The van der Waals surface area contributed by atoms with Crippen LogP contribution in [0.4, 0.5) is 0 Å². The van der Waals surface area contributed by atoms with Crippen molar-refractivity contribution in [3.05, 3.63) is 47.5 Å². The van der Waals surface area contributed by atoms with E-state index < -0.39 is 7.32 Å². The minimum absolute atomic E-state index is 0.0923. The molecule has 0 saturated carbocycles. The maximum atomic E-state index is 9.68. The fourth-order valence-electron chi connectivity index (χ4n) is 1.70. The molecule has 0 atom stereocenters. The first-order chi connectivity index (χ1) is 9.45. The van der Waals surface area contributed by atoms with Crippen molar-refractivity contribution in [1.29, 1.82) is 0 Å². The molecule has 2 rings (SSSR count). The molecular formula is C14H15BO5. The molecule has 2 aromatic carbocycles. The van der Waals surface area contributed by atoms with Gasteiger partial charge in [-0.2, -0.15) is 0 Å². The van der Waals surface area contributed by atoms with Gasteiger partial charge >= 0.3 is 7.32 Å². The van der Waals surface area contributed by atoms with Crippen LogP contribution in [0.5, 0.6) is 23.0 Å². The predicted octanol–water partition coefficient (Wildman–Crippen LogP) is 2.15. The minimum Gasteiger partial charge on any atom is -0.504 e. The van der Waals surface area contributed by atoms with Crippen LogP contribution in [0, 0.1) is 13.8 Å². The molecule has 0 radical (unpaired) electrons. The third-order valence-corrected chi connectivity index (χ3v) is 2.68. The average Bonchev–Trinajstić information content (AvgIpc) is 2.36. The van der Waals surface area contributed by atoms with Gasteiger partial charge in [0.25, 0.3) is 0 Å².